The summed E-state index contributed by atoms with van der Waals surface area (Å²) in [4.78, 5) is 8.26. The molecule has 1 aromatic heterocycles. The minimum atomic E-state index is -3.02. The summed E-state index contributed by atoms with van der Waals surface area (Å²) in [6, 6.07) is 1.73. The quantitative estimate of drug-likeness (QED) is 0.705. The number of hydrogen-bond donors (Lipinski definition) is 2. The van der Waals surface area contributed by atoms with Gasteiger partial charge in [0.25, 0.3) is 5.66 Å². The summed E-state index contributed by atoms with van der Waals surface area (Å²) in [6.07, 6.45) is 7.16. The van der Waals surface area contributed by atoms with Crippen molar-refractivity contribution in [2.24, 2.45) is 4.99 Å². The normalized spacial score (nSPS) is 19.0. The largest absolute Gasteiger partial charge is 0.470 e. The molecule has 25 heavy (non-hydrogen) atoms. The third kappa shape index (κ3) is 6.03. The van der Waals surface area contributed by atoms with Crippen LogP contribution < -0.4 is 15.4 Å². The Balaban J connectivity index is 1.97. The maximum absolute atomic E-state index is 12.8. The zero-order valence-electron chi connectivity index (χ0n) is 13.9. The summed E-state index contributed by atoms with van der Waals surface area (Å²) >= 11 is 6.03. The van der Waals surface area contributed by atoms with Crippen LogP contribution >= 0.6 is 20.8 Å². The van der Waals surface area contributed by atoms with Crippen LogP contribution in [0, 0.1) is 0 Å². The molecule has 0 radical (unpaired) electrons. The third-order valence-corrected chi connectivity index (χ3v) is 3.88. The van der Waals surface area contributed by atoms with E-state index in [0.717, 1.165) is 16.8 Å². The maximum atomic E-state index is 12.8. The van der Waals surface area contributed by atoms with E-state index in [0.29, 0.717) is 6.54 Å². The van der Waals surface area contributed by atoms with Crippen molar-refractivity contribution in [3.05, 3.63) is 46.9 Å². The zero-order valence-corrected chi connectivity index (χ0v) is 15.8. The van der Waals surface area contributed by atoms with Crippen molar-refractivity contribution in [3.63, 3.8) is 0 Å². The number of aromatic nitrogens is 1. The monoisotopic (exact) mass is 388 g/mol. The van der Waals surface area contributed by atoms with Crippen LogP contribution in [0.3, 0.4) is 0 Å². The molecule has 0 saturated heterocycles. The van der Waals surface area contributed by atoms with Crippen LogP contribution in [-0.4, -0.2) is 36.1 Å². The molecule has 0 aromatic carbocycles. The highest BCUT2D eigenvalue weighted by molar-refractivity contribution is 7.18. The number of likely N-dealkylation sites (N-methyl/N-ethyl adjacent to an activating group) is 1. The Kier molecular flexibility index (Phi) is 6.87. The molecule has 0 bridgehead atoms. The van der Waals surface area contributed by atoms with Crippen LogP contribution in [0.5, 0.6) is 5.88 Å². The maximum Gasteiger partial charge on any atom is 0.292 e. The van der Waals surface area contributed by atoms with E-state index in [-0.39, 0.29) is 16.9 Å². The molecule has 2 heterocycles. The van der Waals surface area contributed by atoms with Gasteiger partial charge in [-0.05, 0) is 31.7 Å². The summed E-state index contributed by atoms with van der Waals surface area (Å²) in [5.74, 6) is -0.0125. The molecule has 136 valence electrons. The molecule has 1 aliphatic heterocycles. The second-order valence-electron chi connectivity index (χ2n) is 5.48. The molecule has 0 saturated carbocycles. The second kappa shape index (κ2) is 8.70. The lowest BCUT2D eigenvalue weighted by atomic mass is 10.0. The van der Waals surface area contributed by atoms with Gasteiger partial charge >= 0.3 is 0 Å². The van der Waals surface area contributed by atoms with Crippen LogP contribution in [0.25, 0.3) is 0 Å². The minimum absolute atomic E-state index is 0.0125. The highest BCUT2D eigenvalue weighted by atomic mass is 35.5. The molecule has 0 fully saturated rings. The van der Waals surface area contributed by atoms with E-state index in [1.165, 1.54) is 15.4 Å². The van der Waals surface area contributed by atoms with Gasteiger partial charge in [0.1, 0.15) is 5.02 Å². The van der Waals surface area contributed by atoms with Gasteiger partial charge in [0.15, 0.2) is 6.61 Å². The topological polar surface area (TPSA) is 58.5 Å². The predicted molar refractivity (Wildman–Crippen MR) is 99.4 cm³/mol. The van der Waals surface area contributed by atoms with E-state index in [2.05, 4.69) is 20.6 Å². The second-order valence-corrected chi connectivity index (χ2v) is 6.74. The molecule has 2 unspecified atom stereocenters. The van der Waals surface area contributed by atoms with Gasteiger partial charge in [0, 0.05) is 36.4 Å². The first-order chi connectivity index (χ1) is 11.8. The molecule has 9 heteroatoms. The van der Waals surface area contributed by atoms with Gasteiger partial charge in [0.2, 0.25) is 5.88 Å². The van der Waals surface area contributed by atoms with E-state index < -0.39 is 12.3 Å². The van der Waals surface area contributed by atoms with Gasteiger partial charge in [-0.2, -0.15) is 8.78 Å². The van der Waals surface area contributed by atoms with Gasteiger partial charge in [-0.3, -0.25) is 4.99 Å². The fourth-order valence-corrected chi connectivity index (χ4v) is 2.53. The highest BCUT2D eigenvalue weighted by Crippen LogP contribution is 2.27. The van der Waals surface area contributed by atoms with Gasteiger partial charge in [-0.15, -0.1) is 0 Å². The number of alkyl halides is 2. The molecule has 0 spiro atoms. The Hall–Kier alpha value is -1.56. The Morgan fingerprint density at radius 1 is 1.48 bits per heavy atom. The first kappa shape index (κ1) is 19.8. The molecule has 2 N–H and O–H groups in total. The van der Waals surface area contributed by atoms with Crippen LogP contribution in [0.2, 0.25) is 5.02 Å². The van der Waals surface area contributed by atoms with Crippen LogP contribution in [0.1, 0.15) is 12.5 Å². The fraction of sp³-hybridized carbons (Fsp3) is 0.375. The van der Waals surface area contributed by atoms with Crippen molar-refractivity contribution in [1.29, 1.82) is 0 Å². The average Bonchev–Trinajstić information content (AvgIpc) is 2.54. The summed E-state index contributed by atoms with van der Waals surface area (Å²) < 4.78 is 30.5. The zero-order chi connectivity index (χ0) is 18.4. The number of aliphatic imine (C=N–C) groups is 1. The highest BCUT2D eigenvalue weighted by Gasteiger charge is 2.23. The molecule has 2 atom stereocenters. The lowest BCUT2D eigenvalue weighted by Crippen LogP contribution is -2.31. The minimum Gasteiger partial charge on any atom is -0.470 e. The lowest BCUT2D eigenvalue weighted by Gasteiger charge is -2.19. The fourth-order valence-electron chi connectivity index (χ4n) is 2.20. The smallest absolute Gasteiger partial charge is 0.292 e. The molecule has 1 aromatic rings. The van der Waals surface area contributed by atoms with Crippen LogP contribution in [-0.2, 0) is 6.54 Å². The van der Waals surface area contributed by atoms with Crippen LogP contribution in [0.15, 0.2) is 41.3 Å². The van der Waals surface area contributed by atoms with Gasteiger partial charge < -0.3 is 15.4 Å². The standard InChI is InChI=1S/C16H20ClF2N4OP/c1-10-12(14(20-2)3-4-22-10)8-21-6-11-5-13(17)15(23-7-11)24-9-16(18,19)25/h3-5,7-8,14,20-21H,6,9,25H2,1-2H3/b12-8-. The first-order valence-corrected chi connectivity index (χ1v) is 8.52. The Labute approximate surface area is 152 Å². The average molecular weight is 389 g/mol. The van der Waals surface area contributed by atoms with Gasteiger partial charge in [0.05, 0.1) is 6.04 Å². The molecule has 1 aliphatic rings. The van der Waals surface area contributed by atoms with E-state index >= 15 is 0 Å². The van der Waals surface area contributed by atoms with Crippen molar-refractivity contribution in [3.8, 4) is 5.88 Å². The molecule has 2 rings (SSSR count). The van der Waals surface area contributed by atoms with Crippen molar-refractivity contribution >= 4 is 26.6 Å². The number of hydrogen-bond acceptors (Lipinski definition) is 5. The predicted octanol–water partition coefficient (Wildman–Crippen LogP) is 3.13. The van der Waals surface area contributed by atoms with Crippen molar-refractivity contribution in [1.82, 2.24) is 15.6 Å². The molecule has 0 aliphatic carbocycles. The van der Waals surface area contributed by atoms with Crippen LogP contribution in [0.4, 0.5) is 8.78 Å². The molecular weight excluding hydrogens is 369 g/mol. The van der Waals surface area contributed by atoms with Crippen molar-refractivity contribution < 1.29 is 13.5 Å². The van der Waals surface area contributed by atoms with E-state index in [1.807, 2.05) is 26.2 Å². The summed E-state index contributed by atoms with van der Waals surface area (Å²) in [7, 11) is 3.28. The molecular formula is C16H20ClF2N4OP. The summed E-state index contributed by atoms with van der Waals surface area (Å²) in [5.41, 5.74) is -0.261. The van der Waals surface area contributed by atoms with Crippen molar-refractivity contribution in [2.75, 3.05) is 13.7 Å². The molecule has 0 amide bonds. The number of ether oxygens (including phenoxy) is 1. The Bertz CT molecular complexity index is 704. The van der Waals surface area contributed by atoms with E-state index in [1.54, 1.807) is 12.3 Å². The van der Waals surface area contributed by atoms with Crippen molar-refractivity contribution in [2.45, 2.75) is 25.2 Å². The summed E-state index contributed by atoms with van der Waals surface area (Å²) in [6.45, 7) is 1.61. The Morgan fingerprint density at radius 2 is 2.24 bits per heavy atom. The summed E-state index contributed by atoms with van der Waals surface area (Å²) in [5, 5.41) is 6.56. The van der Waals surface area contributed by atoms with Gasteiger partial charge in [-0.1, -0.05) is 20.8 Å². The molecule has 5 nitrogen and oxygen atoms in total. The third-order valence-electron chi connectivity index (χ3n) is 3.44. The number of nitrogens with one attached hydrogen (secondary N) is 2. The Morgan fingerprint density at radius 3 is 2.88 bits per heavy atom. The first-order valence-electron chi connectivity index (χ1n) is 7.56. The lowest BCUT2D eigenvalue weighted by molar-refractivity contribution is 0.0443. The van der Waals surface area contributed by atoms with E-state index in [4.69, 9.17) is 16.3 Å². The van der Waals surface area contributed by atoms with Gasteiger partial charge in [-0.25, -0.2) is 4.98 Å². The number of pyridine rings is 1. The SMILES string of the molecule is CNC1C=CN=C(C)/C1=C/NCc1cnc(OCC(F)(F)P)c(Cl)c1. The number of nitrogens with zero attached hydrogens (tertiary/aromatic N) is 2. The van der Waals surface area contributed by atoms with E-state index in [9.17, 15) is 8.78 Å². The number of halogens is 3. The number of rotatable bonds is 7.